The van der Waals surface area contributed by atoms with Gasteiger partial charge in [-0.3, -0.25) is 14.5 Å². The molecule has 9 nitrogen and oxygen atoms in total. The van der Waals surface area contributed by atoms with Crippen molar-refractivity contribution in [3.63, 3.8) is 0 Å². The van der Waals surface area contributed by atoms with Crippen molar-refractivity contribution in [2.75, 3.05) is 16.0 Å². The van der Waals surface area contributed by atoms with Gasteiger partial charge >= 0.3 is 0 Å². The van der Waals surface area contributed by atoms with Crippen LogP contribution < -0.4 is 16.0 Å². The molecule has 1 aliphatic heterocycles. The summed E-state index contributed by atoms with van der Waals surface area (Å²) >= 11 is 2.53. The minimum atomic E-state index is -0.671. The number of nitriles is 1. The van der Waals surface area contributed by atoms with Crippen LogP contribution in [0.1, 0.15) is 49.5 Å². The number of furan rings is 1. The molecular weight excluding hydrogens is 532 g/mol. The summed E-state index contributed by atoms with van der Waals surface area (Å²) in [5.74, 6) is -0.0200. The van der Waals surface area contributed by atoms with E-state index >= 15 is 0 Å². The van der Waals surface area contributed by atoms with Gasteiger partial charge in [-0.15, -0.1) is 10.2 Å². The van der Waals surface area contributed by atoms with E-state index in [1.54, 1.807) is 17.0 Å². The number of amides is 1. The van der Waals surface area contributed by atoms with Gasteiger partial charge in [-0.25, -0.2) is 0 Å². The maximum absolute atomic E-state index is 13.5. The highest BCUT2D eigenvalue weighted by molar-refractivity contribution is 8.01. The highest BCUT2D eigenvalue weighted by Gasteiger charge is 2.46. The maximum Gasteiger partial charge on any atom is 0.234 e. The Bertz CT molecular complexity index is 1540. The van der Waals surface area contributed by atoms with Crippen LogP contribution in [0.3, 0.4) is 0 Å². The molecule has 0 fully saturated rings. The second-order valence-corrected chi connectivity index (χ2v) is 12.6. The van der Waals surface area contributed by atoms with E-state index in [-0.39, 0.29) is 34.3 Å². The first-order valence-corrected chi connectivity index (χ1v) is 14.2. The second kappa shape index (κ2) is 10.4. The number of carbonyl (C=O) groups is 2. The summed E-state index contributed by atoms with van der Waals surface area (Å²) in [6, 6.07) is 11.6. The Morgan fingerprint density at radius 2 is 2.00 bits per heavy atom. The van der Waals surface area contributed by atoms with Crippen molar-refractivity contribution in [1.82, 2.24) is 10.2 Å². The lowest BCUT2D eigenvalue weighted by molar-refractivity contribution is -0.118. The van der Waals surface area contributed by atoms with Crippen LogP contribution in [0.15, 0.2) is 68.0 Å². The fourth-order valence-electron chi connectivity index (χ4n) is 5.13. The topological polar surface area (TPSA) is 138 Å². The minimum Gasteiger partial charge on any atom is -0.468 e. The van der Waals surface area contributed by atoms with E-state index in [9.17, 15) is 14.9 Å². The number of thioether (sulfide) groups is 1. The fourth-order valence-corrected chi connectivity index (χ4v) is 6.81. The van der Waals surface area contributed by atoms with Gasteiger partial charge in [-0.1, -0.05) is 55.1 Å². The van der Waals surface area contributed by atoms with Gasteiger partial charge in [0.15, 0.2) is 10.1 Å². The molecule has 0 bridgehead atoms. The quantitative estimate of drug-likeness (QED) is 0.378. The lowest BCUT2D eigenvalue weighted by Crippen LogP contribution is -2.42. The molecule has 200 valence electrons. The largest absolute Gasteiger partial charge is 0.468 e. The van der Waals surface area contributed by atoms with Crippen molar-refractivity contribution < 1.29 is 14.0 Å². The third-order valence-electron chi connectivity index (χ3n) is 6.87. The highest BCUT2D eigenvalue weighted by atomic mass is 32.2. The summed E-state index contributed by atoms with van der Waals surface area (Å²) in [7, 11) is 0. The van der Waals surface area contributed by atoms with E-state index in [1.165, 1.54) is 29.4 Å². The smallest absolute Gasteiger partial charge is 0.234 e. The number of allylic oxidation sites excluding steroid dienone is 3. The standard InChI is InChI=1S/C28H28N6O3S2/c1-15-7-5-8-16(2)24(15)31-21(36)14-38-27-33-32-26(39-27)34-18-11-28(3,4)12-19(35)23(18)22(17(13-29)25(34)30)20-9-6-10-37-20/h5-10,22H,11-12,14,30H2,1-4H3,(H,31,36). The fraction of sp³-hybridized carbons (Fsp3) is 0.321. The molecule has 0 radical (unpaired) electrons. The van der Waals surface area contributed by atoms with Gasteiger partial charge in [0, 0.05) is 23.4 Å². The lowest BCUT2D eigenvalue weighted by atomic mass is 9.69. The predicted octanol–water partition coefficient (Wildman–Crippen LogP) is 5.42. The average Bonchev–Trinajstić information content (AvgIpc) is 3.56. The molecule has 2 aromatic heterocycles. The molecule has 3 aromatic rings. The number of nitrogens with two attached hydrogens (primary N) is 1. The van der Waals surface area contributed by atoms with Crippen molar-refractivity contribution in [3.8, 4) is 6.07 Å². The first-order chi connectivity index (χ1) is 18.6. The molecule has 0 spiro atoms. The van der Waals surface area contributed by atoms with Crippen molar-refractivity contribution in [2.45, 2.75) is 50.8 Å². The van der Waals surface area contributed by atoms with E-state index in [2.05, 4.69) is 21.6 Å². The van der Waals surface area contributed by atoms with Crippen LogP contribution in [-0.2, 0) is 9.59 Å². The molecule has 1 aliphatic carbocycles. The summed E-state index contributed by atoms with van der Waals surface area (Å²) < 4.78 is 6.22. The number of benzene rings is 1. The Morgan fingerprint density at radius 3 is 2.67 bits per heavy atom. The predicted molar refractivity (Wildman–Crippen MR) is 151 cm³/mol. The van der Waals surface area contributed by atoms with Gasteiger partial charge < -0.3 is 15.5 Å². The van der Waals surface area contributed by atoms with E-state index < -0.39 is 5.92 Å². The molecule has 39 heavy (non-hydrogen) atoms. The Kier molecular flexibility index (Phi) is 7.09. The summed E-state index contributed by atoms with van der Waals surface area (Å²) in [6.07, 6.45) is 2.43. The van der Waals surface area contributed by atoms with Gasteiger partial charge in [-0.2, -0.15) is 5.26 Å². The molecule has 1 atom stereocenters. The van der Waals surface area contributed by atoms with Crippen LogP contribution >= 0.6 is 23.1 Å². The zero-order valence-corrected chi connectivity index (χ0v) is 23.7. The number of nitrogens with one attached hydrogen (secondary N) is 1. The number of ketones is 1. The number of nitrogens with zero attached hydrogens (tertiary/aromatic N) is 4. The molecule has 3 N–H and O–H groups in total. The van der Waals surface area contributed by atoms with Crippen molar-refractivity contribution in [3.05, 3.63) is 76.1 Å². The molecule has 2 aliphatic rings. The molecule has 11 heteroatoms. The van der Waals surface area contributed by atoms with Crippen LogP contribution in [0, 0.1) is 30.6 Å². The summed E-state index contributed by atoms with van der Waals surface area (Å²) in [4.78, 5) is 27.9. The number of aryl methyl sites for hydroxylation is 2. The van der Waals surface area contributed by atoms with Crippen LogP contribution in [-0.4, -0.2) is 27.6 Å². The van der Waals surface area contributed by atoms with E-state index in [1.807, 2.05) is 45.9 Å². The average molecular weight is 561 g/mol. The normalized spacial score (nSPS) is 18.7. The first-order valence-electron chi connectivity index (χ1n) is 12.4. The number of Topliss-reactive ketones (excluding diaryl/α,β-unsaturated/α-hetero) is 1. The highest BCUT2D eigenvalue weighted by Crippen LogP contribution is 2.50. The van der Waals surface area contributed by atoms with Crippen LogP contribution in [0.2, 0.25) is 0 Å². The van der Waals surface area contributed by atoms with Gasteiger partial charge in [0.1, 0.15) is 11.6 Å². The van der Waals surface area contributed by atoms with Gasteiger partial charge in [0.05, 0.1) is 29.6 Å². The Morgan fingerprint density at radius 1 is 1.26 bits per heavy atom. The third kappa shape index (κ3) is 5.10. The Hall–Kier alpha value is -3.88. The van der Waals surface area contributed by atoms with Crippen LogP contribution in [0.25, 0.3) is 0 Å². The Balaban J connectivity index is 1.44. The molecule has 1 aromatic carbocycles. The van der Waals surface area contributed by atoms with E-state index in [0.29, 0.717) is 39.3 Å². The van der Waals surface area contributed by atoms with E-state index in [4.69, 9.17) is 10.2 Å². The number of para-hydroxylation sites is 1. The van der Waals surface area contributed by atoms with Gasteiger partial charge in [0.25, 0.3) is 0 Å². The number of aromatic nitrogens is 2. The lowest BCUT2D eigenvalue weighted by Gasteiger charge is -2.42. The third-order valence-corrected chi connectivity index (χ3v) is 8.91. The van der Waals surface area contributed by atoms with E-state index in [0.717, 1.165) is 16.8 Å². The summed E-state index contributed by atoms with van der Waals surface area (Å²) in [6.45, 7) is 7.97. The molecule has 1 amide bonds. The van der Waals surface area contributed by atoms with Gasteiger partial charge in [0.2, 0.25) is 11.0 Å². The number of carbonyl (C=O) groups excluding carboxylic acids is 2. The van der Waals surface area contributed by atoms with Crippen molar-refractivity contribution in [2.24, 2.45) is 11.1 Å². The number of hydrogen-bond donors (Lipinski definition) is 2. The molecule has 1 unspecified atom stereocenters. The molecule has 5 rings (SSSR count). The van der Waals surface area contributed by atoms with Gasteiger partial charge in [-0.05, 0) is 48.9 Å². The maximum atomic E-state index is 13.5. The van der Waals surface area contributed by atoms with Crippen LogP contribution in [0.5, 0.6) is 0 Å². The second-order valence-electron chi connectivity index (χ2n) is 10.5. The molecule has 0 saturated heterocycles. The zero-order chi connectivity index (χ0) is 27.9. The van der Waals surface area contributed by atoms with Crippen LogP contribution in [0.4, 0.5) is 10.8 Å². The molecule has 0 saturated carbocycles. The molecular formula is C28H28N6O3S2. The number of anilines is 2. The summed E-state index contributed by atoms with van der Waals surface area (Å²) in [5, 5.41) is 22.2. The Labute approximate surface area is 234 Å². The SMILES string of the molecule is Cc1cccc(C)c1NC(=O)CSc1nnc(N2C(N)=C(C#N)C(c3ccco3)C3=C2CC(C)(C)CC3=O)s1. The number of hydrogen-bond acceptors (Lipinski definition) is 10. The first kappa shape index (κ1) is 26.7. The van der Waals surface area contributed by atoms with Crippen molar-refractivity contribution >= 4 is 45.6 Å². The number of rotatable bonds is 6. The monoisotopic (exact) mass is 560 g/mol. The molecule has 3 heterocycles. The summed E-state index contributed by atoms with van der Waals surface area (Å²) in [5.41, 5.74) is 10.5. The minimum absolute atomic E-state index is 0.0461. The zero-order valence-electron chi connectivity index (χ0n) is 22.1. The van der Waals surface area contributed by atoms with Crippen molar-refractivity contribution in [1.29, 1.82) is 5.26 Å².